The van der Waals surface area contributed by atoms with Crippen LogP contribution in [-0.2, 0) is 11.1 Å². The van der Waals surface area contributed by atoms with Crippen LogP contribution in [0.2, 0.25) is 0 Å². The van der Waals surface area contributed by atoms with E-state index in [1.54, 1.807) is 0 Å². The Morgan fingerprint density at radius 1 is 0.828 bits per heavy atom. The van der Waals surface area contributed by atoms with Crippen LogP contribution in [0.15, 0.2) is 91.0 Å². The van der Waals surface area contributed by atoms with Crippen molar-refractivity contribution in [3.05, 3.63) is 96.6 Å². The van der Waals surface area contributed by atoms with E-state index in [4.69, 9.17) is 11.6 Å². The summed E-state index contributed by atoms with van der Waals surface area (Å²) in [5, 5.41) is 0. The molecule has 1 heterocycles. The predicted molar refractivity (Wildman–Crippen MR) is 123 cm³/mol. The standard InChI is InChI=1S/C23H25ClN3OP/c24-16-17-25-18-19-26(22-12-6-2-7-13-22)29(25,28)27(23-14-8-3-9-15-23)20-21-10-4-1-5-11-21/h1-15H,16-20H2. The third kappa shape index (κ3) is 4.06. The Labute approximate surface area is 177 Å². The van der Waals surface area contributed by atoms with Crippen LogP contribution in [0.1, 0.15) is 5.56 Å². The van der Waals surface area contributed by atoms with Gasteiger partial charge in [-0.05, 0) is 29.8 Å². The Hall–Kier alpha value is -2.26. The lowest BCUT2D eigenvalue weighted by atomic mass is 10.2. The van der Waals surface area contributed by atoms with Crippen molar-refractivity contribution in [2.24, 2.45) is 0 Å². The minimum atomic E-state index is -3.11. The van der Waals surface area contributed by atoms with Gasteiger partial charge in [-0.15, -0.1) is 11.6 Å². The Balaban J connectivity index is 1.82. The first-order chi connectivity index (χ1) is 14.2. The van der Waals surface area contributed by atoms with Crippen LogP contribution < -0.4 is 9.34 Å². The summed E-state index contributed by atoms with van der Waals surface area (Å²) in [6.07, 6.45) is 0. The van der Waals surface area contributed by atoms with Gasteiger partial charge in [-0.2, -0.15) is 0 Å². The average Bonchev–Trinajstić information content (AvgIpc) is 3.11. The summed E-state index contributed by atoms with van der Waals surface area (Å²) in [7, 11) is -3.11. The Kier molecular flexibility index (Phi) is 6.25. The van der Waals surface area contributed by atoms with Gasteiger partial charge in [0.25, 0.3) is 0 Å². The molecule has 1 saturated heterocycles. The van der Waals surface area contributed by atoms with Crippen molar-refractivity contribution in [2.75, 3.05) is 34.9 Å². The van der Waals surface area contributed by atoms with E-state index in [1.165, 1.54) is 0 Å². The molecule has 0 N–H and O–H groups in total. The second-order valence-electron chi connectivity index (χ2n) is 6.99. The molecule has 0 amide bonds. The molecular weight excluding hydrogens is 401 g/mol. The number of hydrogen-bond donors (Lipinski definition) is 0. The molecule has 1 aliphatic rings. The van der Waals surface area contributed by atoms with Gasteiger partial charge in [0.15, 0.2) is 0 Å². The van der Waals surface area contributed by atoms with Crippen molar-refractivity contribution in [2.45, 2.75) is 6.54 Å². The maximum atomic E-state index is 14.9. The SMILES string of the molecule is O=P1(N(Cc2ccccc2)c2ccccc2)N(CCCl)CCN1c1ccccc1. The highest BCUT2D eigenvalue weighted by Gasteiger charge is 2.47. The number of nitrogens with zero attached hydrogens (tertiary/aromatic N) is 3. The van der Waals surface area contributed by atoms with Crippen molar-refractivity contribution in [3.63, 3.8) is 0 Å². The van der Waals surface area contributed by atoms with E-state index in [0.29, 0.717) is 25.5 Å². The molecule has 4 nitrogen and oxygen atoms in total. The molecule has 0 spiro atoms. The fourth-order valence-corrected chi connectivity index (χ4v) is 7.29. The summed E-state index contributed by atoms with van der Waals surface area (Å²) in [5.74, 6) is 0.445. The second-order valence-corrected chi connectivity index (χ2v) is 9.93. The summed E-state index contributed by atoms with van der Waals surface area (Å²) in [6, 6.07) is 30.3. The second kappa shape index (κ2) is 9.04. The van der Waals surface area contributed by atoms with Gasteiger partial charge in [-0.3, -0.25) is 13.9 Å². The molecule has 6 heteroatoms. The third-order valence-corrected chi connectivity index (χ3v) is 8.56. The highest BCUT2D eigenvalue weighted by atomic mass is 35.5. The van der Waals surface area contributed by atoms with Gasteiger partial charge in [-0.25, -0.2) is 4.67 Å². The molecule has 3 aromatic rings. The average molecular weight is 426 g/mol. The van der Waals surface area contributed by atoms with E-state index in [1.807, 2.05) is 78.9 Å². The third-order valence-electron chi connectivity index (χ3n) is 5.19. The van der Waals surface area contributed by atoms with E-state index >= 15 is 0 Å². The smallest absolute Gasteiger partial charge is 0.293 e. The van der Waals surface area contributed by atoms with Gasteiger partial charge < -0.3 is 0 Å². The largest absolute Gasteiger partial charge is 0.336 e. The lowest BCUT2D eigenvalue weighted by molar-refractivity contribution is 0.464. The van der Waals surface area contributed by atoms with E-state index in [9.17, 15) is 4.57 Å². The highest BCUT2D eigenvalue weighted by Crippen LogP contribution is 2.62. The van der Waals surface area contributed by atoms with Gasteiger partial charge >= 0.3 is 7.59 Å². The van der Waals surface area contributed by atoms with Crippen LogP contribution in [0.5, 0.6) is 0 Å². The topological polar surface area (TPSA) is 26.8 Å². The molecule has 0 bridgehead atoms. The van der Waals surface area contributed by atoms with Gasteiger partial charge in [0.2, 0.25) is 0 Å². The van der Waals surface area contributed by atoms with Crippen molar-refractivity contribution in [1.82, 2.24) is 4.67 Å². The predicted octanol–water partition coefficient (Wildman–Crippen LogP) is 5.86. The van der Waals surface area contributed by atoms with Crippen molar-refractivity contribution in [1.29, 1.82) is 0 Å². The number of halogens is 1. The first-order valence-corrected chi connectivity index (χ1v) is 11.9. The molecule has 1 unspecified atom stereocenters. The lowest BCUT2D eigenvalue weighted by Gasteiger charge is -2.40. The molecule has 1 atom stereocenters. The van der Waals surface area contributed by atoms with E-state index < -0.39 is 7.59 Å². The molecule has 0 aliphatic carbocycles. The van der Waals surface area contributed by atoms with Gasteiger partial charge in [0.05, 0.1) is 6.54 Å². The maximum absolute atomic E-state index is 14.9. The van der Waals surface area contributed by atoms with Crippen LogP contribution in [0.25, 0.3) is 0 Å². The Morgan fingerprint density at radius 2 is 1.41 bits per heavy atom. The van der Waals surface area contributed by atoms with E-state index in [2.05, 4.69) is 26.1 Å². The molecule has 1 fully saturated rings. The minimum Gasteiger partial charge on any atom is -0.293 e. The fourth-order valence-electron chi connectivity index (χ4n) is 3.82. The zero-order valence-electron chi connectivity index (χ0n) is 16.3. The molecule has 0 aromatic heterocycles. The van der Waals surface area contributed by atoms with Crippen LogP contribution in [-0.4, -0.2) is 30.2 Å². The van der Waals surface area contributed by atoms with Crippen LogP contribution in [0.4, 0.5) is 11.4 Å². The summed E-state index contributed by atoms with van der Waals surface area (Å²) in [6.45, 7) is 2.57. The van der Waals surface area contributed by atoms with Gasteiger partial charge in [0, 0.05) is 36.9 Å². The molecule has 3 aromatic carbocycles. The number of hydrogen-bond acceptors (Lipinski definition) is 1. The van der Waals surface area contributed by atoms with Crippen molar-refractivity contribution >= 4 is 30.6 Å². The first-order valence-electron chi connectivity index (χ1n) is 9.85. The van der Waals surface area contributed by atoms with Gasteiger partial charge in [-0.1, -0.05) is 66.7 Å². The quantitative estimate of drug-likeness (QED) is 0.350. The van der Waals surface area contributed by atoms with E-state index in [0.717, 1.165) is 23.5 Å². The van der Waals surface area contributed by atoms with Crippen molar-refractivity contribution in [3.8, 4) is 0 Å². The Morgan fingerprint density at radius 3 is 2.03 bits per heavy atom. The first kappa shape index (κ1) is 20.0. The number of para-hydroxylation sites is 2. The fraction of sp³-hybridized carbons (Fsp3) is 0.217. The molecular formula is C23H25ClN3OP. The highest BCUT2D eigenvalue weighted by molar-refractivity contribution is 7.65. The summed E-state index contributed by atoms with van der Waals surface area (Å²) in [4.78, 5) is 0. The molecule has 150 valence electrons. The van der Waals surface area contributed by atoms with E-state index in [-0.39, 0.29) is 0 Å². The molecule has 29 heavy (non-hydrogen) atoms. The normalized spacial score (nSPS) is 19.4. The molecule has 0 saturated carbocycles. The van der Waals surface area contributed by atoms with Gasteiger partial charge in [0.1, 0.15) is 0 Å². The number of rotatable bonds is 7. The number of anilines is 2. The number of alkyl halides is 1. The van der Waals surface area contributed by atoms with Crippen LogP contribution in [0, 0.1) is 0 Å². The Bertz CT molecular complexity index is 956. The maximum Gasteiger partial charge on any atom is 0.336 e. The summed E-state index contributed by atoms with van der Waals surface area (Å²) < 4.78 is 21.1. The summed E-state index contributed by atoms with van der Waals surface area (Å²) in [5.41, 5.74) is 3.04. The zero-order chi connectivity index (χ0) is 20.1. The summed E-state index contributed by atoms with van der Waals surface area (Å²) >= 11 is 6.11. The lowest BCUT2D eigenvalue weighted by Crippen LogP contribution is -2.34. The van der Waals surface area contributed by atoms with Crippen LogP contribution >= 0.6 is 19.2 Å². The zero-order valence-corrected chi connectivity index (χ0v) is 17.9. The van der Waals surface area contributed by atoms with Crippen molar-refractivity contribution < 1.29 is 4.57 Å². The molecule has 4 rings (SSSR count). The molecule has 0 radical (unpaired) electrons. The number of benzene rings is 3. The minimum absolute atomic E-state index is 0.445. The monoisotopic (exact) mass is 425 g/mol. The molecule has 1 aliphatic heterocycles. The van der Waals surface area contributed by atoms with Crippen LogP contribution in [0.3, 0.4) is 0 Å².